The Labute approximate surface area is 119 Å². The molecule has 0 spiro atoms. The number of aryl methyl sites for hydroxylation is 1. The van der Waals surface area contributed by atoms with E-state index in [1.807, 2.05) is 0 Å². The van der Waals surface area contributed by atoms with E-state index in [0.717, 1.165) is 17.8 Å². The fourth-order valence-corrected chi connectivity index (χ4v) is 1.81. The Morgan fingerprint density at radius 1 is 1.48 bits per heavy atom. The minimum absolute atomic E-state index is 0.0329. The maximum Gasteiger partial charge on any atom is 0.488 e. The van der Waals surface area contributed by atoms with E-state index < -0.39 is 16.4 Å². The highest BCUT2D eigenvalue weighted by molar-refractivity contribution is 7.81. The first kappa shape index (κ1) is 14.9. The molecule has 0 atom stereocenters. The van der Waals surface area contributed by atoms with E-state index >= 15 is 0 Å². The van der Waals surface area contributed by atoms with Crippen LogP contribution >= 0.6 is 0 Å². The summed E-state index contributed by atoms with van der Waals surface area (Å²) in [6.45, 7) is 1.74. The van der Waals surface area contributed by atoms with Crippen LogP contribution in [0.4, 0.5) is 9.57 Å². The fraction of sp³-hybridized carbons (Fsp3) is 0.182. The summed E-state index contributed by atoms with van der Waals surface area (Å²) in [5, 5.41) is 6.11. The van der Waals surface area contributed by atoms with Crippen LogP contribution in [0.15, 0.2) is 29.2 Å². The standard InChI is InChI=1S/C11H10FN3O5S/c1-7-6-19-15-10(7)3-11(16)14-8-2-9(5-13-4-8)20-21(12,17)18/h2,4-6H,3H2,1H3,(H,14,16). The molecule has 8 nitrogen and oxygen atoms in total. The van der Waals surface area contributed by atoms with Gasteiger partial charge in [-0.05, 0) is 6.92 Å². The lowest BCUT2D eigenvalue weighted by Gasteiger charge is -2.05. The molecule has 0 aliphatic heterocycles. The number of pyridine rings is 1. The summed E-state index contributed by atoms with van der Waals surface area (Å²) in [5.74, 6) is -0.776. The van der Waals surface area contributed by atoms with Gasteiger partial charge in [0.05, 0.1) is 30.2 Å². The van der Waals surface area contributed by atoms with Crippen LogP contribution < -0.4 is 9.50 Å². The Balaban J connectivity index is 2.04. The van der Waals surface area contributed by atoms with Crippen molar-refractivity contribution in [3.05, 3.63) is 36.0 Å². The number of anilines is 1. The molecule has 2 aromatic rings. The van der Waals surface area contributed by atoms with Crippen molar-refractivity contribution < 1.29 is 25.8 Å². The quantitative estimate of drug-likeness (QED) is 0.824. The molecule has 21 heavy (non-hydrogen) atoms. The van der Waals surface area contributed by atoms with Gasteiger partial charge in [0.25, 0.3) is 0 Å². The summed E-state index contributed by atoms with van der Waals surface area (Å²) in [5.41, 5.74) is 1.35. The smallest absolute Gasteiger partial charge is 0.364 e. The summed E-state index contributed by atoms with van der Waals surface area (Å²) < 4.78 is 41.8. The van der Waals surface area contributed by atoms with Crippen molar-refractivity contribution in [2.24, 2.45) is 0 Å². The van der Waals surface area contributed by atoms with Crippen LogP contribution in [-0.4, -0.2) is 24.5 Å². The van der Waals surface area contributed by atoms with Crippen LogP contribution in [0.1, 0.15) is 11.3 Å². The second kappa shape index (κ2) is 5.87. The minimum Gasteiger partial charge on any atom is -0.364 e. The predicted octanol–water partition coefficient (Wildman–Crippen LogP) is 1.15. The molecule has 2 rings (SSSR count). The van der Waals surface area contributed by atoms with Gasteiger partial charge >= 0.3 is 10.5 Å². The molecule has 0 aliphatic rings. The maximum absolute atomic E-state index is 12.4. The largest absolute Gasteiger partial charge is 0.488 e. The van der Waals surface area contributed by atoms with Gasteiger partial charge in [-0.15, -0.1) is 0 Å². The van der Waals surface area contributed by atoms with Crippen molar-refractivity contribution in [1.82, 2.24) is 10.1 Å². The zero-order valence-electron chi connectivity index (χ0n) is 10.7. The van der Waals surface area contributed by atoms with Gasteiger partial charge in [-0.3, -0.25) is 9.78 Å². The first-order valence-corrected chi connectivity index (χ1v) is 6.93. The Kier molecular flexibility index (Phi) is 4.17. The number of rotatable bonds is 5. The maximum atomic E-state index is 12.4. The zero-order chi connectivity index (χ0) is 15.5. The summed E-state index contributed by atoms with van der Waals surface area (Å²) >= 11 is 0. The van der Waals surface area contributed by atoms with Gasteiger partial charge in [-0.2, -0.15) is 8.42 Å². The van der Waals surface area contributed by atoms with Crippen LogP contribution in [0.3, 0.4) is 0 Å². The van der Waals surface area contributed by atoms with E-state index in [0.29, 0.717) is 5.69 Å². The summed E-state index contributed by atoms with van der Waals surface area (Å²) in [6, 6.07) is 1.12. The van der Waals surface area contributed by atoms with Crippen molar-refractivity contribution in [2.75, 3.05) is 5.32 Å². The van der Waals surface area contributed by atoms with Gasteiger partial charge in [-0.1, -0.05) is 9.04 Å². The summed E-state index contributed by atoms with van der Waals surface area (Å²) in [4.78, 5) is 15.4. The molecule has 0 radical (unpaired) electrons. The third-order valence-corrected chi connectivity index (χ3v) is 2.76. The molecule has 0 unspecified atom stereocenters. The van der Waals surface area contributed by atoms with Crippen LogP contribution in [0.2, 0.25) is 0 Å². The third kappa shape index (κ3) is 4.53. The van der Waals surface area contributed by atoms with Gasteiger partial charge in [0, 0.05) is 11.6 Å². The molecule has 0 fully saturated rings. The molecule has 0 saturated heterocycles. The zero-order valence-corrected chi connectivity index (χ0v) is 11.6. The molecule has 1 N–H and O–H groups in total. The van der Waals surface area contributed by atoms with Crippen molar-refractivity contribution in [1.29, 1.82) is 0 Å². The van der Waals surface area contributed by atoms with Gasteiger partial charge in [0.15, 0.2) is 5.75 Å². The molecule has 0 bridgehead atoms. The number of carbonyl (C=O) groups is 1. The molecule has 0 aliphatic carbocycles. The number of nitrogens with zero attached hydrogens (tertiary/aromatic N) is 2. The van der Waals surface area contributed by atoms with Crippen molar-refractivity contribution >= 4 is 22.1 Å². The molecular formula is C11H10FN3O5S. The molecule has 0 saturated carbocycles. The Morgan fingerprint density at radius 2 is 2.24 bits per heavy atom. The first-order valence-electron chi connectivity index (χ1n) is 5.62. The van der Waals surface area contributed by atoms with Crippen LogP contribution in [-0.2, 0) is 21.7 Å². The molecule has 1 amide bonds. The van der Waals surface area contributed by atoms with Crippen LogP contribution in [0.25, 0.3) is 0 Å². The van der Waals surface area contributed by atoms with E-state index in [1.54, 1.807) is 6.92 Å². The number of carbonyl (C=O) groups excluding carboxylic acids is 1. The SMILES string of the molecule is Cc1conc1CC(=O)Nc1cncc(OS(=O)(=O)F)c1. The van der Waals surface area contributed by atoms with Crippen molar-refractivity contribution in [2.45, 2.75) is 13.3 Å². The van der Waals surface area contributed by atoms with E-state index in [-0.39, 0.29) is 17.9 Å². The lowest BCUT2D eigenvalue weighted by Crippen LogP contribution is -2.15. The fourth-order valence-electron chi connectivity index (χ4n) is 1.49. The summed E-state index contributed by atoms with van der Waals surface area (Å²) in [7, 11) is -5.14. The highest BCUT2D eigenvalue weighted by Gasteiger charge is 2.13. The monoisotopic (exact) mass is 315 g/mol. The normalized spacial score (nSPS) is 11.1. The van der Waals surface area contributed by atoms with Gasteiger partial charge < -0.3 is 14.0 Å². The lowest BCUT2D eigenvalue weighted by atomic mass is 10.2. The molecule has 0 aromatic carbocycles. The number of hydrogen-bond donors (Lipinski definition) is 1. The lowest BCUT2D eigenvalue weighted by molar-refractivity contribution is -0.115. The average molecular weight is 315 g/mol. The number of aromatic nitrogens is 2. The second-order valence-corrected chi connectivity index (χ2v) is 5.01. The van der Waals surface area contributed by atoms with Gasteiger partial charge in [0.1, 0.15) is 6.26 Å². The average Bonchev–Trinajstić information content (AvgIpc) is 2.73. The molecular weight excluding hydrogens is 305 g/mol. The Hall–Kier alpha value is -2.49. The van der Waals surface area contributed by atoms with E-state index in [1.165, 1.54) is 12.5 Å². The number of amides is 1. The van der Waals surface area contributed by atoms with Gasteiger partial charge in [-0.25, -0.2) is 0 Å². The first-order chi connectivity index (χ1) is 9.83. The van der Waals surface area contributed by atoms with E-state index in [4.69, 9.17) is 4.52 Å². The number of nitrogens with one attached hydrogen (secondary N) is 1. The Morgan fingerprint density at radius 3 is 2.86 bits per heavy atom. The number of halogens is 1. The van der Waals surface area contributed by atoms with Crippen LogP contribution in [0, 0.1) is 6.92 Å². The van der Waals surface area contributed by atoms with E-state index in [9.17, 15) is 17.1 Å². The highest BCUT2D eigenvalue weighted by atomic mass is 32.3. The molecule has 10 heteroatoms. The van der Waals surface area contributed by atoms with Crippen molar-refractivity contribution in [3.63, 3.8) is 0 Å². The van der Waals surface area contributed by atoms with Gasteiger partial charge in [0.2, 0.25) is 5.91 Å². The minimum atomic E-state index is -5.14. The second-order valence-electron chi connectivity index (χ2n) is 4.05. The van der Waals surface area contributed by atoms with E-state index in [2.05, 4.69) is 19.6 Å². The summed E-state index contributed by atoms with van der Waals surface area (Å²) in [6.07, 6.45) is 3.62. The number of hydrogen-bond acceptors (Lipinski definition) is 7. The highest BCUT2D eigenvalue weighted by Crippen LogP contribution is 2.18. The third-order valence-electron chi connectivity index (χ3n) is 2.37. The molecule has 2 heterocycles. The predicted molar refractivity (Wildman–Crippen MR) is 68.5 cm³/mol. The topological polar surface area (TPSA) is 111 Å². The van der Waals surface area contributed by atoms with Crippen LogP contribution in [0.5, 0.6) is 5.75 Å². The molecule has 2 aromatic heterocycles. The molecule has 112 valence electrons. The Bertz CT molecular complexity index is 759. The van der Waals surface area contributed by atoms with Crippen molar-refractivity contribution in [3.8, 4) is 5.75 Å².